The quantitative estimate of drug-likeness (QED) is 0.646. The molecule has 0 fully saturated rings. The largest absolute Gasteiger partial charge is 0.382 e. The Bertz CT molecular complexity index is 911. The van der Waals surface area contributed by atoms with Crippen LogP contribution in [0.5, 0.6) is 0 Å². The lowest BCUT2D eigenvalue weighted by Gasteiger charge is -2.09. The molecule has 1 heterocycles. The van der Waals surface area contributed by atoms with E-state index >= 15 is 0 Å². The summed E-state index contributed by atoms with van der Waals surface area (Å²) in [7, 11) is -4.41. The van der Waals surface area contributed by atoms with Gasteiger partial charge in [0.1, 0.15) is 0 Å². The molecule has 4 N–H and O–H groups in total. The number of urea groups is 1. The number of amides is 2. The number of pyridine rings is 1. The van der Waals surface area contributed by atoms with Crippen molar-refractivity contribution >= 4 is 33.6 Å². The van der Waals surface area contributed by atoms with Gasteiger partial charge in [0, 0.05) is 24.6 Å². The Hall–Kier alpha value is -3.24. The molecule has 9 nitrogen and oxygen atoms in total. The molecule has 0 radical (unpaired) electrons. The first-order valence-electron chi connectivity index (χ1n) is 7.24. The molecule has 2 amide bonds. The van der Waals surface area contributed by atoms with Crippen molar-refractivity contribution in [3.05, 3.63) is 66.5 Å². The Morgan fingerprint density at radius 3 is 2.46 bits per heavy atom. The molecule has 0 unspecified atom stereocenters. The summed E-state index contributed by atoms with van der Waals surface area (Å²) >= 11 is 0. The fourth-order valence-electron chi connectivity index (χ4n) is 1.89. The average molecular weight is 376 g/mol. The first-order chi connectivity index (χ1) is 12.2. The lowest BCUT2D eigenvalue weighted by atomic mass is 10.1. The van der Waals surface area contributed by atoms with Crippen molar-refractivity contribution in [3.8, 4) is 0 Å². The average Bonchev–Trinajstić information content (AvgIpc) is 2.59. The van der Waals surface area contributed by atoms with Gasteiger partial charge < -0.3 is 14.8 Å². The van der Waals surface area contributed by atoms with Gasteiger partial charge in [-0.15, -0.1) is 0 Å². The standard InChI is InChI=1S/C16H16N4O5S/c1-11(15(21)25-26(17,23)24)13-4-6-14(7-5-13)20-16(22)19-10-12-3-2-8-18-9-12/h2-9H,1,10H2,(H2,17,23,24)(H2,19,20,22). The predicted octanol–water partition coefficient (Wildman–Crippen LogP) is 1.16. The van der Waals surface area contributed by atoms with Crippen molar-refractivity contribution in [1.29, 1.82) is 0 Å². The topological polar surface area (TPSA) is 140 Å². The van der Waals surface area contributed by atoms with Crippen molar-refractivity contribution < 1.29 is 22.2 Å². The van der Waals surface area contributed by atoms with E-state index in [4.69, 9.17) is 0 Å². The number of rotatable bonds is 6. The number of nitrogens with zero attached hydrogens (tertiary/aromatic N) is 1. The van der Waals surface area contributed by atoms with Crippen LogP contribution in [0, 0.1) is 0 Å². The van der Waals surface area contributed by atoms with Crippen LogP contribution in [0.3, 0.4) is 0 Å². The van der Waals surface area contributed by atoms with Crippen molar-refractivity contribution in [1.82, 2.24) is 10.3 Å². The second-order valence-electron chi connectivity index (χ2n) is 5.09. The molecule has 2 rings (SSSR count). The van der Waals surface area contributed by atoms with E-state index in [0.29, 0.717) is 17.8 Å². The van der Waals surface area contributed by atoms with Gasteiger partial charge in [-0.1, -0.05) is 24.8 Å². The Balaban J connectivity index is 1.91. The number of nitrogens with one attached hydrogen (secondary N) is 2. The number of hydrogen-bond donors (Lipinski definition) is 3. The van der Waals surface area contributed by atoms with E-state index < -0.39 is 22.3 Å². The highest BCUT2D eigenvalue weighted by Gasteiger charge is 2.16. The van der Waals surface area contributed by atoms with Crippen molar-refractivity contribution in [2.75, 3.05) is 5.32 Å². The molecule has 0 saturated carbocycles. The monoisotopic (exact) mass is 376 g/mol. The summed E-state index contributed by atoms with van der Waals surface area (Å²) in [5.74, 6) is -1.18. The third-order valence-electron chi connectivity index (χ3n) is 3.11. The number of benzene rings is 1. The number of carbonyl (C=O) groups is 2. The molecular formula is C16H16N4O5S. The van der Waals surface area contributed by atoms with Gasteiger partial charge in [-0.2, -0.15) is 13.6 Å². The van der Waals surface area contributed by atoms with E-state index in [1.165, 1.54) is 24.3 Å². The molecule has 1 aromatic carbocycles. The van der Waals surface area contributed by atoms with Crippen molar-refractivity contribution in [2.45, 2.75) is 6.54 Å². The van der Waals surface area contributed by atoms with Crippen LogP contribution in [0.1, 0.15) is 11.1 Å². The lowest BCUT2D eigenvalue weighted by molar-refractivity contribution is -0.127. The normalized spacial score (nSPS) is 10.7. The van der Waals surface area contributed by atoms with E-state index in [2.05, 4.69) is 31.5 Å². The molecular weight excluding hydrogens is 360 g/mol. The molecule has 136 valence electrons. The van der Waals surface area contributed by atoms with Gasteiger partial charge in [0.15, 0.2) is 0 Å². The molecule has 1 aromatic heterocycles. The Kier molecular flexibility index (Phi) is 6.04. The maximum Gasteiger partial charge on any atom is 0.382 e. The number of hydrogen-bond acceptors (Lipinski definition) is 6. The van der Waals surface area contributed by atoms with Gasteiger partial charge in [-0.3, -0.25) is 4.98 Å². The van der Waals surface area contributed by atoms with Gasteiger partial charge in [0.25, 0.3) is 0 Å². The lowest BCUT2D eigenvalue weighted by Crippen LogP contribution is -2.28. The Morgan fingerprint density at radius 2 is 1.88 bits per heavy atom. The summed E-state index contributed by atoms with van der Waals surface area (Å²) in [6.45, 7) is 3.78. The van der Waals surface area contributed by atoms with Gasteiger partial charge in [0.2, 0.25) is 0 Å². The zero-order chi connectivity index (χ0) is 19.2. The Labute approximate surface area is 150 Å². The molecule has 0 aliphatic carbocycles. The smallest absolute Gasteiger partial charge is 0.334 e. The van der Waals surface area contributed by atoms with Crippen LogP contribution in [-0.4, -0.2) is 25.4 Å². The molecule has 26 heavy (non-hydrogen) atoms. The van der Waals surface area contributed by atoms with Gasteiger partial charge in [0.05, 0.1) is 5.57 Å². The first kappa shape index (κ1) is 19.1. The molecule has 2 aromatic rings. The van der Waals surface area contributed by atoms with Gasteiger partial charge >= 0.3 is 22.3 Å². The zero-order valence-electron chi connectivity index (χ0n) is 13.5. The third-order valence-corrected chi connectivity index (χ3v) is 3.49. The van der Waals surface area contributed by atoms with Crippen LogP contribution in [0.25, 0.3) is 5.57 Å². The highest BCUT2D eigenvalue weighted by atomic mass is 32.2. The Morgan fingerprint density at radius 1 is 1.19 bits per heavy atom. The van der Waals surface area contributed by atoms with Crippen LogP contribution in [0.15, 0.2) is 55.4 Å². The van der Waals surface area contributed by atoms with E-state index in [1.54, 1.807) is 18.5 Å². The van der Waals surface area contributed by atoms with Crippen LogP contribution in [0.2, 0.25) is 0 Å². The van der Waals surface area contributed by atoms with E-state index in [1.807, 2.05) is 6.07 Å². The summed E-state index contributed by atoms with van der Waals surface area (Å²) in [5.41, 5.74) is 1.44. The summed E-state index contributed by atoms with van der Waals surface area (Å²) < 4.78 is 25.6. The maximum atomic E-state index is 11.9. The van der Waals surface area contributed by atoms with Crippen LogP contribution >= 0.6 is 0 Å². The highest BCUT2D eigenvalue weighted by Crippen LogP contribution is 2.17. The first-order valence-corrected chi connectivity index (χ1v) is 8.71. The summed E-state index contributed by atoms with van der Waals surface area (Å²) in [6, 6.07) is 9.17. The number of carbonyl (C=O) groups excluding carboxylic acids is 2. The third kappa shape index (κ3) is 6.00. The van der Waals surface area contributed by atoms with Crippen LogP contribution in [0.4, 0.5) is 10.5 Å². The van der Waals surface area contributed by atoms with E-state index in [0.717, 1.165) is 5.56 Å². The minimum absolute atomic E-state index is 0.188. The van der Waals surface area contributed by atoms with E-state index in [9.17, 15) is 18.0 Å². The fourth-order valence-corrected chi connectivity index (χ4v) is 2.20. The predicted molar refractivity (Wildman–Crippen MR) is 94.8 cm³/mol. The van der Waals surface area contributed by atoms with Crippen molar-refractivity contribution in [3.63, 3.8) is 0 Å². The van der Waals surface area contributed by atoms with E-state index in [-0.39, 0.29) is 5.57 Å². The van der Waals surface area contributed by atoms with Gasteiger partial charge in [-0.25, -0.2) is 9.59 Å². The van der Waals surface area contributed by atoms with Crippen molar-refractivity contribution in [2.24, 2.45) is 5.14 Å². The molecule has 0 atom stereocenters. The molecule has 0 bridgehead atoms. The number of aromatic nitrogens is 1. The zero-order valence-corrected chi connectivity index (χ0v) is 14.3. The summed E-state index contributed by atoms with van der Waals surface area (Å²) in [4.78, 5) is 27.4. The fraction of sp³-hybridized carbons (Fsp3) is 0.0625. The molecule has 0 aliphatic rings. The van der Waals surface area contributed by atoms with Crippen LogP contribution in [-0.2, 0) is 25.8 Å². The summed E-state index contributed by atoms with van der Waals surface area (Å²) in [5, 5.41) is 9.91. The highest BCUT2D eigenvalue weighted by molar-refractivity contribution is 7.84. The molecule has 10 heteroatoms. The maximum absolute atomic E-state index is 11.9. The molecule has 0 saturated heterocycles. The second-order valence-corrected chi connectivity index (χ2v) is 6.24. The number of nitrogens with two attached hydrogens (primary N) is 1. The minimum atomic E-state index is -4.41. The SMILES string of the molecule is C=C(C(=O)OS(N)(=O)=O)c1ccc(NC(=O)NCc2cccnc2)cc1. The second kappa shape index (κ2) is 8.23. The summed E-state index contributed by atoms with van der Waals surface area (Å²) in [6.07, 6.45) is 3.28. The van der Waals surface area contributed by atoms with Gasteiger partial charge in [-0.05, 0) is 29.3 Å². The number of anilines is 1. The minimum Gasteiger partial charge on any atom is -0.334 e. The molecule has 0 aliphatic heterocycles. The van der Waals surface area contributed by atoms with Crippen LogP contribution < -0.4 is 15.8 Å². The molecule has 0 spiro atoms.